The van der Waals surface area contributed by atoms with Crippen LogP contribution in [0.5, 0.6) is 5.75 Å². The number of aliphatic hydroxyl groups excluding tert-OH is 1. The van der Waals surface area contributed by atoms with Gasteiger partial charge in [-0.2, -0.15) is 0 Å². The Labute approximate surface area is 104 Å². The van der Waals surface area contributed by atoms with E-state index in [0.29, 0.717) is 5.75 Å². The monoisotopic (exact) mass is 253 g/mol. The van der Waals surface area contributed by atoms with Crippen LogP contribution < -0.4 is 10.1 Å². The predicted molar refractivity (Wildman–Crippen MR) is 63.2 cm³/mol. The van der Waals surface area contributed by atoms with Gasteiger partial charge in [-0.15, -0.1) is 0 Å². The second-order valence-electron chi connectivity index (χ2n) is 3.55. The molecule has 6 nitrogen and oxygen atoms in total. The van der Waals surface area contributed by atoms with E-state index < -0.39 is 24.5 Å². The van der Waals surface area contributed by atoms with Gasteiger partial charge >= 0.3 is 5.97 Å². The number of benzene rings is 1. The van der Waals surface area contributed by atoms with Crippen molar-refractivity contribution in [3.05, 3.63) is 30.3 Å². The molecule has 0 fully saturated rings. The van der Waals surface area contributed by atoms with Crippen molar-refractivity contribution in [3.63, 3.8) is 0 Å². The SMILES string of the molecule is O=C(CCOc1ccccc1)NC(CO)C(=O)O. The summed E-state index contributed by atoms with van der Waals surface area (Å²) in [5.41, 5.74) is 0. The molecule has 1 atom stereocenters. The highest BCUT2D eigenvalue weighted by atomic mass is 16.5. The summed E-state index contributed by atoms with van der Waals surface area (Å²) in [6.45, 7) is -0.492. The number of carbonyl (C=O) groups excluding carboxylic acids is 1. The van der Waals surface area contributed by atoms with Gasteiger partial charge in [-0.05, 0) is 12.1 Å². The minimum atomic E-state index is -1.27. The molecule has 18 heavy (non-hydrogen) atoms. The Hall–Kier alpha value is -2.08. The maximum atomic E-state index is 11.3. The Balaban J connectivity index is 2.27. The number of hydrogen-bond donors (Lipinski definition) is 3. The maximum Gasteiger partial charge on any atom is 0.328 e. The number of carboxylic acid groups (broad SMARTS) is 1. The van der Waals surface area contributed by atoms with E-state index in [1.54, 1.807) is 12.1 Å². The van der Waals surface area contributed by atoms with Gasteiger partial charge in [0.25, 0.3) is 0 Å². The van der Waals surface area contributed by atoms with Crippen molar-refractivity contribution < 1.29 is 24.5 Å². The van der Waals surface area contributed by atoms with Crippen molar-refractivity contribution in [3.8, 4) is 5.75 Å². The third-order valence-electron chi connectivity index (χ3n) is 2.16. The van der Waals surface area contributed by atoms with E-state index >= 15 is 0 Å². The number of aliphatic hydroxyl groups is 1. The summed E-state index contributed by atoms with van der Waals surface area (Å²) >= 11 is 0. The third kappa shape index (κ3) is 4.84. The van der Waals surface area contributed by atoms with Crippen LogP contribution in [0.25, 0.3) is 0 Å². The number of nitrogens with one attached hydrogen (secondary N) is 1. The number of ether oxygens (including phenoxy) is 1. The number of carbonyl (C=O) groups is 2. The molecule has 0 spiro atoms. The van der Waals surface area contributed by atoms with Crippen LogP contribution in [0.3, 0.4) is 0 Å². The summed E-state index contributed by atoms with van der Waals surface area (Å²) in [6, 6.07) is 7.70. The van der Waals surface area contributed by atoms with Gasteiger partial charge in [-0.25, -0.2) is 4.79 Å². The largest absolute Gasteiger partial charge is 0.493 e. The smallest absolute Gasteiger partial charge is 0.328 e. The molecular formula is C12H15NO5. The molecule has 98 valence electrons. The standard InChI is InChI=1S/C12H15NO5/c14-8-10(12(16)17)13-11(15)6-7-18-9-4-2-1-3-5-9/h1-5,10,14H,6-8H2,(H,13,15)(H,16,17). The van der Waals surface area contributed by atoms with Crippen LogP contribution in [0.1, 0.15) is 6.42 Å². The number of aliphatic carboxylic acids is 1. The third-order valence-corrected chi connectivity index (χ3v) is 2.16. The lowest BCUT2D eigenvalue weighted by Gasteiger charge is -2.11. The van der Waals surface area contributed by atoms with E-state index in [4.69, 9.17) is 14.9 Å². The van der Waals surface area contributed by atoms with E-state index in [1.165, 1.54) is 0 Å². The van der Waals surface area contributed by atoms with Crippen molar-refractivity contribution >= 4 is 11.9 Å². The molecule has 1 amide bonds. The molecule has 1 unspecified atom stereocenters. The van der Waals surface area contributed by atoms with Gasteiger partial charge in [-0.3, -0.25) is 4.79 Å². The van der Waals surface area contributed by atoms with Gasteiger partial charge < -0.3 is 20.3 Å². The highest BCUT2D eigenvalue weighted by Gasteiger charge is 2.18. The zero-order chi connectivity index (χ0) is 13.4. The number of amides is 1. The Kier molecular flexibility index (Phi) is 5.66. The molecule has 0 aliphatic carbocycles. The Morgan fingerprint density at radius 1 is 1.28 bits per heavy atom. The fraction of sp³-hybridized carbons (Fsp3) is 0.333. The van der Waals surface area contributed by atoms with Gasteiger partial charge in [0.15, 0.2) is 0 Å². The average Bonchev–Trinajstić information content (AvgIpc) is 2.37. The molecule has 0 bridgehead atoms. The molecule has 0 aromatic heterocycles. The van der Waals surface area contributed by atoms with Gasteiger partial charge in [0.1, 0.15) is 11.8 Å². The summed E-state index contributed by atoms with van der Waals surface area (Å²) < 4.78 is 5.28. The number of para-hydroxylation sites is 1. The van der Waals surface area contributed by atoms with Crippen molar-refractivity contribution in [1.29, 1.82) is 0 Å². The first kappa shape index (κ1) is 14.0. The zero-order valence-electron chi connectivity index (χ0n) is 9.70. The van der Waals surface area contributed by atoms with Crippen LogP contribution in [0.15, 0.2) is 30.3 Å². The van der Waals surface area contributed by atoms with Crippen LogP contribution in [0, 0.1) is 0 Å². The molecule has 0 aliphatic rings. The van der Waals surface area contributed by atoms with Crippen LogP contribution in [0.2, 0.25) is 0 Å². The second-order valence-corrected chi connectivity index (χ2v) is 3.55. The summed E-state index contributed by atoms with van der Waals surface area (Å²) in [5.74, 6) is -1.11. The van der Waals surface area contributed by atoms with E-state index in [9.17, 15) is 9.59 Å². The first-order chi connectivity index (χ1) is 8.63. The van der Waals surface area contributed by atoms with Crippen LogP contribution in [-0.2, 0) is 9.59 Å². The Morgan fingerprint density at radius 2 is 1.94 bits per heavy atom. The van der Waals surface area contributed by atoms with Crippen molar-refractivity contribution in [2.75, 3.05) is 13.2 Å². The minimum absolute atomic E-state index is 0.0265. The highest BCUT2D eigenvalue weighted by Crippen LogP contribution is 2.08. The summed E-state index contributed by atoms with van der Waals surface area (Å²) in [4.78, 5) is 21.9. The van der Waals surface area contributed by atoms with Gasteiger partial charge in [0.2, 0.25) is 5.91 Å². The molecule has 6 heteroatoms. The van der Waals surface area contributed by atoms with Gasteiger partial charge in [-0.1, -0.05) is 18.2 Å². The van der Waals surface area contributed by atoms with Gasteiger partial charge in [0.05, 0.1) is 19.6 Å². The maximum absolute atomic E-state index is 11.3. The summed E-state index contributed by atoms with van der Waals surface area (Å²) in [6.07, 6.45) is 0.0265. The Bertz CT molecular complexity index is 393. The quantitative estimate of drug-likeness (QED) is 0.636. The molecule has 3 N–H and O–H groups in total. The molecule has 0 heterocycles. The van der Waals surface area contributed by atoms with Gasteiger partial charge in [0, 0.05) is 0 Å². The summed E-state index contributed by atoms with van der Waals surface area (Å²) in [7, 11) is 0. The van der Waals surface area contributed by atoms with Crippen molar-refractivity contribution in [2.45, 2.75) is 12.5 Å². The molecule has 0 aliphatic heterocycles. The molecule has 1 aromatic rings. The molecule has 0 saturated carbocycles. The molecule has 0 radical (unpaired) electrons. The Morgan fingerprint density at radius 3 is 2.50 bits per heavy atom. The average molecular weight is 253 g/mol. The fourth-order valence-electron chi connectivity index (χ4n) is 1.23. The van der Waals surface area contributed by atoms with E-state index in [-0.39, 0.29) is 13.0 Å². The van der Waals surface area contributed by atoms with E-state index in [1.807, 2.05) is 18.2 Å². The zero-order valence-corrected chi connectivity index (χ0v) is 9.70. The fourth-order valence-corrected chi connectivity index (χ4v) is 1.23. The number of rotatable bonds is 7. The first-order valence-electron chi connectivity index (χ1n) is 5.44. The first-order valence-corrected chi connectivity index (χ1v) is 5.44. The van der Waals surface area contributed by atoms with Crippen LogP contribution >= 0.6 is 0 Å². The van der Waals surface area contributed by atoms with Crippen LogP contribution in [-0.4, -0.2) is 41.3 Å². The highest BCUT2D eigenvalue weighted by molar-refractivity contribution is 5.83. The molecule has 1 rings (SSSR count). The van der Waals surface area contributed by atoms with E-state index in [0.717, 1.165) is 0 Å². The van der Waals surface area contributed by atoms with Crippen LogP contribution in [0.4, 0.5) is 0 Å². The normalized spacial score (nSPS) is 11.6. The second kappa shape index (κ2) is 7.29. The topological polar surface area (TPSA) is 95.9 Å². The minimum Gasteiger partial charge on any atom is -0.493 e. The lowest BCUT2D eigenvalue weighted by atomic mass is 10.3. The molecule has 0 saturated heterocycles. The van der Waals surface area contributed by atoms with Crippen molar-refractivity contribution in [1.82, 2.24) is 5.32 Å². The van der Waals surface area contributed by atoms with Crippen molar-refractivity contribution in [2.24, 2.45) is 0 Å². The lowest BCUT2D eigenvalue weighted by molar-refractivity contribution is -0.143. The molecular weight excluding hydrogens is 238 g/mol. The number of carboxylic acids is 1. The number of hydrogen-bond acceptors (Lipinski definition) is 4. The molecule has 1 aromatic carbocycles. The lowest BCUT2D eigenvalue weighted by Crippen LogP contribution is -2.43. The van der Waals surface area contributed by atoms with E-state index in [2.05, 4.69) is 5.32 Å². The summed E-state index contributed by atoms with van der Waals surface area (Å²) in [5, 5.41) is 19.5. The predicted octanol–water partition coefficient (Wildman–Crippen LogP) is 0.0172.